The highest BCUT2D eigenvalue weighted by atomic mass is 16.5. The molecule has 9 nitrogen and oxygen atoms in total. The Morgan fingerprint density at radius 3 is 1.76 bits per heavy atom. The molecule has 9 heteroatoms. The van der Waals surface area contributed by atoms with Gasteiger partial charge in [-0.15, -0.1) is 0 Å². The van der Waals surface area contributed by atoms with Crippen LogP contribution >= 0.6 is 0 Å². The number of carboxylic acids is 1. The number of amides is 2. The van der Waals surface area contributed by atoms with Crippen LogP contribution in [0.1, 0.15) is 168 Å². The van der Waals surface area contributed by atoms with Crippen LogP contribution in [0.15, 0.2) is 48.6 Å². The van der Waals surface area contributed by atoms with Gasteiger partial charge in [0.05, 0.1) is 13.2 Å². The second-order valence-corrected chi connectivity index (χ2v) is 13.4. The molecule has 0 rings (SSSR count). The lowest BCUT2D eigenvalue weighted by Crippen LogP contribution is -2.47. The molecule has 0 bridgehead atoms. The monoisotopic (exact) mass is 717 g/mol. The van der Waals surface area contributed by atoms with E-state index >= 15 is 0 Å². The number of carboxylic acid groups (broad SMARTS) is 1. The highest BCUT2D eigenvalue weighted by Gasteiger charge is 2.18. The first kappa shape index (κ1) is 47.8. The molecule has 4 N–H and O–H groups in total. The lowest BCUT2D eigenvalue weighted by atomic mass is 10.1. The summed E-state index contributed by atoms with van der Waals surface area (Å²) in [4.78, 5) is 47.3. The predicted molar refractivity (Wildman–Crippen MR) is 208 cm³/mol. The summed E-state index contributed by atoms with van der Waals surface area (Å²) in [6, 6.07) is -1.39. The number of aliphatic hydroxyl groups is 1. The van der Waals surface area contributed by atoms with Gasteiger partial charge in [-0.3, -0.25) is 14.4 Å². The van der Waals surface area contributed by atoms with Crippen molar-refractivity contribution >= 4 is 23.8 Å². The molecular formula is C42H72N2O7. The maximum absolute atomic E-state index is 12.6. The average molecular weight is 717 g/mol. The van der Waals surface area contributed by atoms with Gasteiger partial charge in [0.25, 0.3) is 0 Å². The Kier molecular flexibility index (Phi) is 34.3. The lowest BCUT2D eigenvalue weighted by Gasteiger charge is -2.15. The SMILES string of the molecule is CCC/C=C\C/C=C\C(CCCCCCC(=O)NCC(=O)NC(CO)C(=O)O)OC(=O)CCCCCCCCC/C=C\C/C=C\CCCCCC. The molecule has 2 unspecified atom stereocenters. The molecule has 292 valence electrons. The molecule has 0 spiro atoms. The van der Waals surface area contributed by atoms with E-state index in [9.17, 15) is 19.2 Å². The zero-order valence-corrected chi connectivity index (χ0v) is 32.1. The number of allylic oxidation sites excluding steroid dienone is 7. The number of hydrogen-bond acceptors (Lipinski definition) is 6. The van der Waals surface area contributed by atoms with E-state index in [0.29, 0.717) is 12.8 Å². The largest absolute Gasteiger partial charge is 0.480 e. The van der Waals surface area contributed by atoms with Gasteiger partial charge in [-0.25, -0.2) is 4.79 Å². The van der Waals surface area contributed by atoms with E-state index in [4.69, 9.17) is 14.9 Å². The van der Waals surface area contributed by atoms with Crippen molar-refractivity contribution in [2.75, 3.05) is 13.2 Å². The van der Waals surface area contributed by atoms with E-state index in [-0.39, 0.29) is 30.9 Å². The second kappa shape index (κ2) is 36.6. The van der Waals surface area contributed by atoms with Crippen LogP contribution in [0.3, 0.4) is 0 Å². The summed E-state index contributed by atoms with van der Waals surface area (Å²) in [5.74, 6) is -2.44. The number of nitrogens with one attached hydrogen (secondary N) is 2. The zero-order valence-electron chi connectivity index (χ0n) is 32.1. The van der Waals surface area contributed by atoms with Crippen LogP contribution in [0.2, 0.25) is 0 Å². The molecule has 51 heavy (non-hydrogen) atoms. The number of rotatable bonds is 35. The van der Waals surface area contributed by atoms with E-state index < -0.39 is 24.5 Å². The Hall–Kier alpha value is -3.20. The minimum atomic E-state index is -1.39. The third-order valence-electron chi connectivity index (χ3n) is 8.51. The molecule has 0 aromatic rings. The van der Waals surface area contributed by atoms with Gasteiger partial charge >= 0.3 is 11.9 Å². The normalized spacial score (nSPS) is 13.0. The van der Waals surface area contributed by atoms with Crippen LogP contribution in [0.25, 0.3) is 0 Å². The standard InChI is InChI=1S/C42H72N2O7/c1-3-5-7-9-11-12-13-14-15-16-17-18-19-20-21-22-24-30-34-41(48)51-37(31-27-23-10-8-6-4-2)32-28-25-26-29-33-39(46)43-35-40(47)44-38(36-45)42(49)50/h8,10,12-13,15-16,27,31,37-38,45H,3-7,9,11,14,17-26,28-30,32-36H2,1-2H3,(H,43,46)(H,44,47)(H,49,50)/b10-8-,13-12-,16-15-,31-27-. The minimum Gasteiger partial charge on any atom is -0.480 e. The van der Waals surface area contributed by atoms with Crippen molar-refractivity contribution in [3.05, 3.63) is 48.6 Å². The first-order chi connectivity index (χ1) is 24.8. The van der Waals surface area contributed by atoms with Crippen LogP contribution in [0, 0.1) is 0 Å². The lowest BCUT2D eigenvalue weighted by molar-refractivity contribution is -0.147. The third-order valence-corrected chi connectivity index (χ3v) is 8.51. The molecule has 0 heterocycles. The van der Waals surface area contributed by atoms with Crippen LogP contribution in [0.4, 0.5) is 0 Å². The van der Waals surface area contributed by atoms with Crippen molar-refractivity contribution in [1.82, 2.24) is 10.6 Å². The molecule has 0 aromatic heterocycles. The number of aliphatic hydroxyl groups excluding tert-OH is 1. The van der Waals surface area contributed by atoms with Gasteiger partial charge in [0.15, 0.2) is 0 Å². The minimum absolute atomic E-state index is 0.140. The average Bonchev–Trinajstić information content (AvgIpc) is 3.11. The molecule has 0 fully saturated rings. The Morgan fingerprint density at radius 1 is 0.608 bits per heavy atom. The van der Waals surface area contributed by atoms with Crippen molar-refractivity contribution < 1.29 is 34.1 Å². The second-order valence-electron chi connectivity index (χ2n) is 13.4. The Balaban J connectivity index is 4.18. The summed E-state index contributed by atoms with van der Waals surface area (Å²) in [6.45, 7) is 3.33. The van der Waals surface area contributed by atoms with Crippen molar-refractivity contribution in [2.24, 2.45) is 0 Å². The number of ether oxygens (including phenoxy) is 1. The Morgan fingerprint density at radius 2 is 1.16 bits per heavy atom. The van der Waals surface area contributed by atoms with Gasteiger partial charge in [0.1, 0.15) is 12.1 Å². The fourth-order valence-corrected chi connectivity index (χ4v) is 5.41. The molecule has 0 aliphatic heterocycles. The quantitative estimate of drug-likeness (QED) is 0.0291. The summed E-state index contributed by atoms with van der Waals surface area (Å²) >= 11 is 0. The Labute approximate surface area is 309 Å². The predicted octanol–water partition coefficient (Wildman–Crippen LogP) is 9.20. The van der Waals surface area contributed by atoms with Crippen molar-refractivity contribution in [3.63, 3.8) is 0 Å². The molecule has 0 saturated heterocycles. The van der Waals surface area contributed by atoms with E-state index in [0.717, 1.165) is 77.0 Å². The maximum atomic E-state index is 12.6. The first-order valence-corrected chi connectivity index (χ1v) is 20.0. The summed E-state index contributed by atoms with van der Waals surface area (Å²) in [5.41, 5.74) is 0. The Bertz CT molecular complexity index is 1010. The highest BCUT2D eigenvalue weighted by molar-refractivity contribution is 5.87. The topological polar surface area (TPSA) is 142 Å². The number of carbonyl (C=O) groups excluding carboxylic acids is 3. The van der Waals surface area contributed by atoms with E-state index in [2.05, 4.69) is 67.0 Å². The molecule has 2 atom stereocenters. The van der Waals surface area contributed by atoms with Crippen molar-refractivity contribution in [3.8, 4) is 0 Å². The van der Waals surface area contributed by atoms with Crippen LogP contribution < -0.4 is 10.6 Å². The summed E-state index contributed by atoms with van der Waals surface area (Å²) in [5, 5.41) is 22.5. The molecule has 0 saturated carbocycles. The smallest absolute Gasteiger partial charge is 0.328 e. The number of hydrogen-bond donors (Lipinski definition) is 4. The van der Waals surface area contributed by atoms with Gasteiger partial charge in [0, 0.05) is 12.8 Å². The molecule has 0 aromatic carbocycles. The van der Waals surface area contributed by atoms with Crippen LogP contribution in [-0.4, -0.2) is 59.3 Å². The fraction of sp³-hybridized carbons (Fsp3) is 0.714. The first-order valence-electron chi connectivity index (χ1n) is 20.0. The van der Waals surface area contributed by atoms with Gasteiger partial charge in [-0.05, 0) is 76.7 Å². The molecular weight excluding hydrogens is 644 g/mol. The molecule has 0 aliphatic rings. The van der Waals surface area contributed by atoms with E-state index in [1.54, 1.807) is 0 Å². The molecule has 0 aliphatic carbocycles. The van der Waals surface area contributed by atoms with Gasteiger partial charge in [-0.2, -0.15) is 0 Å². The highest BCUT2D eigenvalue weighted by Crippen LogP contribution is 2.15. The maximum Gasteiger partial charge on any atom is 0.328 e. The number of esters is 1. The van der Waals surface area contributed by atoms with Crippen LogP contribution in [-0.2, 0) is 23.9 Å². The van der Waals surface area contributed by atoms with Gasteiger partial charge in [0.2, 0.25) is 11.8 Å². The number of carbonyl (C=O) groups is 4. The van der Waals surface area contributed by atoms with Crippen molar-refractivity contribution in [2.45, 2.75) is 180 Å². The molecule has 2 amide bonds. The fourth-order valence-electron chi connectivity index (χ4n) is 5.41. The summed E-state index contributed by atoms with van der Waals surface area (Å²) in [6.07, 6.45) is 41.7. The van der Waals surface area contributed by atoms with Crippen molar-refractivity contribution in [1.29, 1.82) is 0 Å². The van der Waals surface area contributed by atoms with Gasteiger partial charge < -0.3 is 25.6 Å². The summed E-state index contributed by atoms with van der Waals surface area (Å²) in [7, 11) is 0. The number of aliphatic carboxylic acids is 1. The molecule has 0 radical (unpaired) electrons. The van der Waals surface area contributed by atoms with E-state index in [1.165, 1.54) is 57.8 Å². The van der Waals surface area contributed by atoms with E-state index in [1.807, 2.05) is 6.08 Å². The van der Waals surface area contributed by atoms with Crippen LogP contribution in [0.5, 0.6) is 0 Å². The third kappa shape index (κ3) is 33.7. The number of unbranched alkanes of at least 4 members (excludes halogenated alkanes) is 15. The van der Waals surface area contributed by atoms with Gasteiger partial charge in [-0.1, -0.05) is 127 Å². The summed E-state index contributed by atoms with van der Waals surface area (Å²) < 4.78 is 5.85. The zero-order chi connectivity index (χ0) is 37.6.